The molecule has 0 N–H and O–H groups in total. The molecule has 0 aliphatic heterocycles. The third kappa shape index (κ3) is 1.58. The maximum absolute atomic E-state index is 6.81. The minimum atomic E-state index is -1.84. The van der Waals surface area contributed by atoms with Crippen LogP contribution in [0.1, 0.15) is 31.9 Å². The maximum Gasteiger partial charge on any atom is 0.189 e. The van der Waals surface area contributed by atoms with E-state index in [4.69, 9.17) is 11.1 Å². The van der Waals surface area contributed by atoms with Crippen molar-refractivity contribution in [1.82, 2.24) is 0 Å². The summed E-state index contributed by atoms with van der Waals surface area (Å²) in [6, 6.07) is 8.51. The Morgan fingerprint density at radius 3 is 2.27 bits per heavy atom. The molecule has 1 aromatic rings. The van der Waals surface area contributed by atoms with E-state index in [1.165, 1.54) is 16.3 Å². The molecule has 1 unspecified atom stereocenters. The van der Waals surface area contributed by atoms with Crippen molar-refractivity contribution in [3.05, 3.63) is 35.4 Å². The van der Waals surface area contributed by atoms with Crippen molar-refractivity contribution in [2.45, 2.75) is 32.4 Å². The molecule has 0 saturated carbocycles. The number of fused-ring (bicyclic) bond motifs is 1. The molecule has 15 heavy (non-hydrogen) atoms. The molecule has 1 aliphatic rings. The molecule has 0 bridgehead atoms. The Kier molecular flexibility index (Phi) is 2.36. The summed E-state index contributed by atoms with van der Waals surface area (Å²) in [5, 5.41) is 1.61. The second kappa shape index (κ2) is 3.23. The molecule has 0 saturated heterocycles. The van der Waals surface area contributed by atoms with Gasteiger partial charge in [0.25, 0.3) is 0 Å². The van der Waals surface area contributed by atoms with Crippen LogP contribution in [-0.2, 0) is 0 Å². The third-order valence-electron chi connectivity index (χ3n) is 3.47. The lowest BCUT2D eigenvalue weighted by Gasteiger charge is -2.39. The number of hydrogen-bond donors (Lipinski definition) is 0. The van der Waals surface area contributed by atoms with Crippen molar-refractivity contribution in [1.29, 1.82) is 0 Å². The molecule has 1 aromatic carbocycles. The summed E-state index contributed by atoms with van der Waals surface area (Å²) in [6.45, 7) is 8.98. The molecule has 2 rings (SSSR count). The van der Waals surface area contributed by atoms with Crippen molar-refractivity contribution < 1.29 is 0 Å². The molecule has 0 fully saturated rings. The third-order valence-corrected chi connectivity index (χ3v) is 10.0. The molecule has 2 heteroatoms. The van der Waals surface area contributed by atoms with Gasteiger partial charge in [-0.05, 0) is 21.4 Å². The lowest BCUT2D eigenvalue weighted by atomic mass is 9.98. The lowest BCUT2D eigenvalue weighted by Crippen LogP contribution is -2.38. The second-order valence-corrected chi connectivity index (χ2v) is 11.7. The standard InChI is InChI=1S/C13H17ClSi/c1-13(2,3)15(4,14)12-9-10-7-5-6-8-11(10)12/h5-9H,1-4H3. The fourth-order valence-electron chi connectivity index (χ4n) is 1.82. The molecule has 0 spiro atoms. The smallest absolute Gasteiger partial charge is 0.161 e. The van der Waals surface area contributed by atoms with Gasteiger partial charge in [0.1, 0.15) is 0 Å². The number of rotatable bonds is 1. The van der Waals surface area contributed by atoms with Gasteiger partial charge in [0, 0.05) is 0 Å². The summed E-state index contributed by atoms with van der Waals surface area (Å²) in [4.78, 5) is 0. The molecule has 0 heterocycles. The highest BCUT2D eigenvalue weighted by atomic mass is 35.6. The summed E-state index contributed by atoms with van der Waals surface area (Å²) in [5.74, 6) is 0. The van der Waals surface area contributed by atoms with Gasteiger partial charge in [-0.3, -0.25) is 0 Å². The quantitative estimate of drug-likeness (QED) is 0.490. The van der Waals surface area contributed by atoms with Crippen molar-refractivity contribution in [3.63, 3.8) is 0 Å². The van der Waals surface area contributed by atoms with Gasteiger partial charge in [-0.1, -0.05) is 57.7 Å². The SMILES string of the molecule is CC(C)(C)[Si](C)(Cl)C1=Cc2ccccc21. The Labute approximate surface area is 97.7 Å². The van der Waals surface area contributed by atoms with Crippen LogP contribution in [-0.4, -0.2) is 7.38 Å². The first-order chi connectivity index (χ1) is 6.84. The summed E-state index contributed by atoms with van der Waals surface area (Å²) < 4.78 is 0. The van der Waals surface area contributed by atoms with Crippen LogP contribution in [0.15, 0.2) is 24.3 Å². The molecule has 0 amide bonds. The van der Waals surface area contributed by atoms with Crippen molar-refractivity contribution in [3.8, 4) is 0 Å². The highest BCUT2D eigenvalue weighted by Crippen LogP contribution is 2.51. The van der Waals surface area contributed by atoms with Crippen LogP contribution in [0.25, 0.3) is 11.3 Å². The summed E-state index contributed by atoms with van der Waals surface area (Å²) in [6.07, 6.45) is 2.26. The average molecular weight is 237 g/mol. The summed E-state index contributed by atoms with van der Waals surface area (Å²) in [5.41, 5.74) is 2.72. The van der Waals surface area contributed by atoms with Crippen LogP contribution in [0.4, 0.5) is 0 Å². The number of hydrogen-bond acceptors (Lipinski definition) is 0. The van der Waals surface area contributed by atoms with Crippen molar-refractivity contribution in [2.24, 2.45) is 0 Å². The molecule has 0 radical (unpaired) electrons. The van der Waals surface area contributed by atoms with E-state index >= 15 is 0 Å². The van der Waals surface area contributed by atoms with Gasteiger partial charge in [-0.2, -0.15) is 11.1 Å². The van der Waals surface area contributed by atoms with Crippen LogP contribution >= 0.6 is 11.1 Å². The molecule has 1 aliphatic carbocycles. The minimum Gasteiger partial charge on any atom is -0.161 e. The van der Waals surface area contributed by atoms with Gasteiger partial charge in [0.15, 0.2) is 7.38 Å². The molecule has 0 aromatic heterocycles. The molecular formula is C13H17ClSi. The number of benzene rings is 1. The highest BCUT2D eigenvalue weighted by molar-refractivity contribution is 7.31. The van der Waals surface area contributed by atoms with E-state index in [1.54, 1.807) is 0 Å². The van der Waals surface area contributed by atoms with Crippen LogP contribution in [0, 0.1) is 0 Å². The topological polar surface area (TPSA) is 0 Å². The zero-order valence-corrected chi connectivity index (χ0v) is 11.5. The zero-order valence-electron chi connectivity index (χ0n) is 9.76. The molecule has 1 atom stereocenters. The minimum absolute atomic E-state index is 0.202. The Morgan fingerprint density at radius 2 is 1.73 bits per heavy atom. The predicted molar refractivity (Wildman–Crippen MR) is 71.5 cm³/mol. The lowest BCUT2D eigenvalue weighted by molar-refractivity contribution is 0.741. The highest BCUT2D eigenvalue weighted by Gasteiger charge is 2.44. The number of halogens is 1. The first-order valence-electron chi connectivity index (χ1n) is 5.34. The first-order valence-corrected chi connectivity index (χ1v) is 8.86. The van der Waals surface area contributed by atoms with E-state index in [1.807, 2.05) is 0 Å². The van der Waals surface area contributed by atoms with E-state index in [0.29, 0.717) is 0 Å². The van der Waals surface area contributed by atoms with Gasteiger partial charge >= 0.3 is 0 Å². The summed E-state index contributed by atoms with van der Waals surface area (Å²) in [7, 11) is -1.84. The first kappa shape index (κ1) is 11.0. The van der Waals surface area contributed by atoms with Gasteiger partial charge in [-0.25, -0.2) is 0 Å². The Morgan fingerprint density at radius 1 is 1.13 bits per heavy atom. The summed E-state index contributed by atoms with van der Waals surface area (Å²) >= 11 is 6.81. The molecular weight excluding hydrogens is 220 g/mol. The van der Waals surface area contributed by atoms with Crippen molar-refractivity contribution >= 4 is 29.7 Å². The van der Waals surface area contributed by atoms with Crippen LogP contribution in [0.2, 0.25) is 11.6 Å². The molecule has 80 valence electrons. The van der Waals surface area contributed by atoms with E-state index in [-0.39, 0.29) is 5.04 Å². The van der Waals surface area contributed by atoms with Crippen LogP contribution in [0.3, 0.4) is 0 Å². The van der Waals surface area contributed by atoms with Crippen LogP contribution in [0.5, 0.6) is 0 Å². The largest absolute Gasteiger partial charge is 0.189 e. The van der Waals surface area contributed by atoms with E-state index in [2.05, 4.69) is 57.7 Å². The molecule has 0 nitrogen and oxygen atoms in total. The Bertz CT molecular complexity index is 424. The predicted octanol–water partition coefficient (Wildman–Crippen LogP) is 4.69. The van der Waals surface area contributed by atoms with Crippen molar-refractivity contribution in [2.75, 3.05) is 0 Å². The Hall–Kier alpha value is -0.533. The van der Waals surface area contributed by atoms with Crippen LogP contribution < -0.4 is 0 Å². The monoisotopic (exact) mass is 236 g/mol. The van der Waals surface area contributed by atoms with Gasteiger partial charge in [0.2, 0.25) is 0 Å². The fraction of sp³-hybridized carbons (Fsp3) is 0.385. The Balaban J connectivity index is 2.39. The normalized spacial score (nSPS) is 18.6. The zero-order chi connectivity index (χ0) is 11.3. The second-order valence-electron chi connectivity index (χ2n) is 5.40. The van der Waals surface area contributed by atoms with E-state index < -0.39 is 7.38 Å². The van der Waals surface area contributed by atoms with Gasteiger partial charge in [0.05, 0.1) is 0 Å². The maximum atomic E-state index is 6.81. The van der Waals surface area contributed by atoms with E-state index in [9.17, 15) is 0 Å². The average Bonchev–Trinajstić information content (AvgIpc) is 2.04. The van der Waals surface area contributed by atoms with Gasteiger partial charge < -0.3 is 0 Å². The fourth-order valence-corrected chi connectivity index (χ4v) is 4.25. The van der Waals surface area contributed by atoms with Gasteiger partial charge in [-0.15, -0.1) is 0 Å². The van der Waals surface area contributed by atoms with E-state index in [0.717, 1.165) is 0 Å².